The number of para-hydroxylation sites is 1. The fraction of sp³-hybridized carbons (Fsp3) is 0.318. The van der Waals surface area contributed by atoms with E-state index >= 15 is 0 Å². The van der Waals surface area contributed by atoms with Crippen LogP contribution >= 0.6 is 11.8 Å². The number of carboxylic acids is 1. The molecule has 1 spiro atoms. The molecule has 0 bridgehead atoms. The van der Waals surface area contributed by atoms with Gasteiger partial charge in [-0.05, 0) is 44.0 Å². The third kappa shape index (κ3) is 3.56. The number of anilines is 1. The molecule has 5 nitrogen and oxygen atoms in total. The van der Waals surface area contributed by atoms with Crippen molar-refractivity contribution in [1.82, 2.24) is 0 Å². The van der Waals surface area contributed by atoms with E-state index in [2.05, 4.69) is 36.1 Å². The van der Waals surface area contributed by atoms with E-state index in [-0.39, 0.29) is 11.3 Å². The topological polar surface area (TPSA) is 65.3 Å². The minimum atomic E-state index is -0.842. The molecule has 28 heavy (non-hydrogen) atoms. The standard InChI is InChI=1S/C22H23N3O2S/c1-16-9-11-17(12-10-16)23-20-22(13-5-6-14-22)25(18-7-3-2-4-8-18)21(24-20)28-15-19(26)27/h2-4,7-12H,5-6,13-15H2,1H3,(H,26,27). The van der Waals surface area contributed by atoms with Gasteiger partial charge in [0.25, 0.3) is 0 Å². The van der Waals surface area contributed by atoms with Crippen LogP contribution in [-0.4, -0.2) is 33.4 Å². The Hall–Kier alpha value is -2.60. The zero-order valence-electron chi connectivity index (χ0n) is 15.8. The third-order valence-electron chi connectivity index (χ3n) is 5.28. The number of thioether (sulfide) groups is 1. The molecule has 1 heterocycles. The van der Waals surface area contributed by atoms with Gasteiger partial charge in [-0.1, -0.05) is 60.5 Å². The van der Waals surface area contributed by atoms with Gasteiger partial charge < -0.3 is 10.0 Å². The van der Waals surface area contributed by atoms with E-state index in [0.717, 1.165) is 48.1 Å². The van der Waals surface area contributed by atoms with E-state index in [4.69, 9.17) is 9.98 Å². The molecule has 2 aromatic carbocycles. The number of nitrogens with zero attached hydrogens (tertiary/aromatic N) is 3. The Bertz CT molecular complexity index is 917. The number of rotatable bonds is 4. The molecule has 1 aliphatic heterocycles. The second-order valence-electron chi connectivity index (χ2n) is 7.26. The Kier molecular flexibility index (Phi) is 5.22. The zero-order chi connectivity index (χ0) is 19.6. The number of aryl methyl sites for hydroxylation is 1. The molecule has 2 aliphatic rings. The van der Waals surface area contributed by atoms with Crippen LogP contribution in [0.2, 0.25) is 0 Å². The third-order valence-corrected chi connectivity index (χ3v) is 6.20. The fourth-order valence-corrected chi connectivity index (χ4v) is 4.78. The van der Waals surface area contributed by atoms with E-state index < -0.39 is 5.97 Å². The molecule has 4 rings (SSSR count). The normalized spacial score (nSPS) is 19.4. The van der Waals surface area contributed by atoms with E-state index in [1.807, 2.05) is 30.3 Å². The molecule has 1 saturated carbocycles. The highest BCUT2D eigenvalue weighted by Crippen LogP contribution is 2.45. The highest BCUT2D eigenvalue weighted by molar-refractivity contribution is 8.14. The number of amidine groups is 2. The summed E-state index contributed by atoms with van der Waals surface area (Å²) in [7, 11) is 0. The molecule has 0 saturated heterocycles. The first-order valence-electron chi connectivity index (χ1n) is 9.53. The van der Waals surface area contributed by atoms with Crippen LogP contribution < -0.4 is 4.90 Å². The number of hydrogen-bond donors (Lipinski definition) is 1. The van der Waals surface area contributed by atoms with E-state index in [0.29, 0.717) is 0 Å². The van der Waals surface area contributed by atoms with Crippen LogP contribution in [0.1, 0.15) is 31.2 Å². The largest absolute Gasteiger partial charge is 0.481 e. The number of benzene rings is 2. The van der Waals surface area contributed by atoms with Gasteiger partial charge >= 0.3 is 5.97 Å². The number of carboxylic acid groups (broad SMARTS) is 1. The molecule has 0 aromatic heterocycles. The van der Waals surface area contributed by atoms with Crippen LogP contribution in [0, 0.1) is 6.92 Å². The van der Waals surface area contributed by atoms with Crippen molar-refractivity contribution in [2.24, 2.45) is 9.98 Å². The lowest BCUT2D eigenvalue weighted by molar-refractivity contribution is -0.133. The van der Waals surface area contributed by atoms with Crippen LogP contribution in [0.25, 0.3) is 0 Å². The van der Waals surface area contributed by atoms with E-state index in [1.54, 1.807) is 0 Å². The number of aliphatic imine (C=N–C) groups is 2. The first-order valence-corrected chi connectivity index (χ1v) is 10.5. The van der Waals surface area contributed by atoms with Crippen LogP contribution in [0.3, 0.4) is 0 Å². The van der Waals surface area contributed by atoms with Crippen LogP contribution in [0.5, 0.6) is 0 Å². The van der Waals surface area contributed by atoms with Crippen molar-refractivity contribution in [2.75, 3.05) is 10.7 Å². The van der Waals surface area contributed by atoms with Crippen LogP contribution in [-0.2, 0) is 4.79 Å². The summed E-state index contributed by atoms with van der Waals surface area (Å²) in [6.07, 6.45) is 4.16. The molecule has 1 aliphatic carbocycles. The highest BCUT2D eigenvalue weighted by atomic mass is 32.2. The first kappa shape index (κ1) is 18.7. The van der Waals surface area contributed by atoms with E-state index in [1.165, 1.54) is 17.3 Å². The Balaban J connectivity index is 1.80. The quantitative estimate of drug-likeness (QED) is 0.791. The average molecular weight is 394 g/mol. The lowest BCUT2D eigenvalue weighted by Gasteiger charge is -2.36. The van der Waals surface area contributed by atoms with Gasteiger partial charge in [0.05, 0.1) is 11.4 Å². The van der Waals surface area contributed by atoms with Crippen molar-refractivity contribution in [2.45, 2.75) is 38.1 Å². The molecule has 0 amide bonds. The van der Waals surface area contributed by atoms with Gasteiger partial charge in [0.2, 0.25) is 0 Å². The van der Waals surface area contributed by atoms with Gasteiger partial charge in [-0.3, -0.25) is 4.79 Å². The fourth-order valence-electron chi connectivity index (χ4n) is 3.96. The van der Waals surface area contributed by atoms with Crippen LogP contribution in [0.15, 0.2) is 64.6 Å². The van der Waals surface area contributed by atoms with Gasteiger partial charge in [0, 0.05) is 5.69 Å². The maximum absolute atomic E-state index is 11.2. The summed E-state index contributed by atoms with van der Waals surface area (Å²) >= 11 is 1.27. The minimum Gasteiger partial charge on any atom is -0.481 e. The van der Waals surface area contributed by atoms with Gasteiger partial charge in [-0.25, -0.2) is 9.98 Å². The molecule has 144 valence electrons. The Morgan fingerprint density at radius 3 is 2.46 bits per heavy atom. The second-order valence-corrected chi connectivity index (χ2v) is 8.20. The number of hydrogen-bond acceptors (Lipinski definition) is 4. The number of aliphatic carboxylic acids is 1. The summed E-state index contributed by atoms with van der Waals surface area (Å²) in [5.74, 6) is -0.0634. The first-order chi connectivity index (χ1) is 13.6. The molecular weight excluding hydrogens is 370 g/mol. The Morgan fingerprint density at radius 2 is 1.82 bits per heavy atom. The molecule has 0 atom stereocenters. The van der Waals surface area contributed by atoms with Crippen molar-refractivity contribution in [3.8, 4) is 0 Å². The summed E-state index contributed by atoms with van der Waals surface area (Å²) in [6, 6.07) is 18.2. The SMILES string of the molecule is Cc1ccc(N=C2N=C(SCC(=O)O)N(c3ccccc3)C23CCCC3)cc1. The zero-order valence-corrected chi connectivity index (χ0v) is 16.7. The molecule has 0 unspecified atom stereocenters. The molecule has 1 N–H and O–H groups in total. The predicted octanol–water partition coefficient (Wildman–Crippen LogP) is 5.03. The maximum Gasteiger partial charge on any atom is 0.313 e. The van der Waals surface area contributed by atoms with Crippen molar-refractivity contribution in [1.29, 1.82) is 0 Å². The molecule has 0 radical (unpaired) electrons. The maximum atomic E-state index is 11.2. The Morgan fingerprint density at radius 1 is 1.14 bits per heavy atom. The molecule has 1 fully saturated rings. The van der Waals surface area contributed by atoms with Crippen LogP contribution in [0.4, 0.5) is 11.4 Å². The summed E-state index contributed by atoms with van der Waals surface area (Å²) < 4.78 is 0. The monoisotopic (exact) mass is 393 g/mol. The van der Waals surface area contributed by atoms with Crippen molar-refractivity contribution in [3.05, 3.63) is 60.2 Å². The lowest BCUT2D eigenvalue weighted by atomic mass is 9.94. The summed E-state index contributed by atoms with van der Waals surface area (Å²) in [6.45, 7) is 2.06. The molecular formula is C22H23N3O2S. The number of carbonyl (C=O) groups is 1. The lowest BCUT2D eigenvalue weighted by Crippen LogP contribution is -2.49. The second kappa shape index (κ2) is 7.80. The van der Waals surface area contributed by atoms with Gasteiger partial charge in [-0.2, -0.15) is 0 Å². The average Bonchev–Trinajstić information content (AvgIpc) is 3.29. The van der Waals surface area contributed by atoms with Gasteiger partial charge in [-0.15, -0.1) is 0 Å². The highest BCUT2D eigenvalue weighted by Gasteiger charge is 2.51. The predicted molar refractivity (Wildman–Crippen MR) is 116 cm³/mol. The van der Waals surface area contributed by atoms with Gasteiger partial charge in [0.1, 0.15) is 5.54 Å². The van der Waals surface area contributed by atoms with Crippen molar-refractivity contribution in [3.63, 3.8) is 0 Å². The molecule has 2 aromatic rings. The summed E-state index contributed by atoms with van der Waals surface area (Å²) in [4.78, 5) is 23.2. The summed E-state index contributed by atoms with van der Waals surface area (Å²) in [5, 5.41) is 9.91. The van der Waals surface area contributed by atoms with Crippen molar-refractivity contribution >= 4 is 40.1 Å². The summed E-state index contributed by atoms with van der Waals surface area (Å²) in [5.41, 5.74) is 2.81. The molecule has 6 heteroatoms. The Labute approximate surface area is 169 Å². The van der Waals surface area contributed by atoms with E-state index in [9.17, 15) is 9.90 Å². The van der Waals surface area contributed by atoms with Crippen molar-refractivity contribution < 1.29 is 9.90 Å². The smallest absolute Gasteiger partial charge is 0.313 e. The minimum absolute atomic E-state index is 0.0178. The van der Waals surface area contributed by atoms with Gasteiger partial charge in [0.15, 0.2) is 11.0 Å².